The Balaban J connectivity index is 1.97. The minimum atomic E-state index is 0.0137. The molecule has 2 amide bonds. The quantitative estimate of drug-likeness (QED) is 0.892. The number of likely N-dealkylation sites (tertiary alicyclic amines) is 1. The Kier molecular flexibility index (Phi) is 4.88. The first-order chi connectivity index (χ1) is 9.91. The van der Waals surface area contributed by atoms with Crippen LogP contribution in [0.2, 0.25) is 0 Å². The zero-order chi connectivity index (χ0) is 15.5. The molecular weight excluding hydrogens is 262 g/mol. The van der Waals surface area contributed by atoms with Crippen molar-refractivity contribution < 1.29 is 4.79 Å². The monoisotopic (exact) mass is 289 g/mol. The van der Waals surface area contributed by atoms with Crippen molar-refractivity contribution in [2.75, 3.05) is 25.5 Å². The van der Waals surface area contributed by atoms with E-state index in [1.165, 1.54) is 5.56 Å². The number of nitrogens with one attached hydrogen (secondary N) is 2. The average molecular weight is 289 g/mol. The molecule has 21 heavy (non-hydrogen) atoms. The predicted octanol–water partition coefficient (Wildman–Crippen LogP) is 3.62. The molecule has 0 radical (unpaired) electrons. The summed E-state index contributed by atoms with van der Waals surface area (Å²) < 4.78 is 0. The zero-order valence-electron chi connectivity index (χ0n) is 13.6. The molecule has 116 valence electrons. The summed E-state index contributed by atoms with van der Waals surface area (Å²) in [5, 5.41) is 6.23. The standard InChI is InChI=1S/C17H27N3O/c1-13(18-4)14-6-5-7-15(12-14)19-16(21)20-10-8-17(2,3)9-11-20/h5-7,12-13,18H,8-11H2,1-4H3,(H,19,21). The van der Waals surface area contributed by atoms with Crippen LogP contribution < -0.4 is 10.6 Å². The van der Waals surface area contributed by atoms with Crippen molar-refractivity contribution >= 4 is 11.7 Å². The van der Waals surface area contributed by atoms with Crippen LogP contribution in [-0.2, 0) is 0 Å². The Morgan fingerprint density at radius 3 is 2.57 bits per heavy atom. The SMILES string of the molecule is CNC(C)c1cccc(NC(=O)N2CCC(C)(C)CC2)c1. The summed E-state index contributed by atoms with van der Waals surface area (Å²) in [4.78, 5) is 14.2. The molecule has 1 atom stereocenters. The Hall–Kier alpha value is -1.55. The minimum Gasteiger partial charge on any atom is -0.324 e. The van der Waals surface area contributed by atoms with Crippen LogP contribution >= 0.6 is 0 Å². The molecule has 1 aliphatic heterocycles. The van der Waals surface area contributed by atoms with Gasteiger partial charge in [0, 0.05) is 24.8 Å². The van der Waals surface area contributed by atoms with Gasteiger partial charge in [0.05, 0.1) is 0 Å². The third-order valence-electron chi connectivity index (χ3n) is 4.48. The summed E-state index contributed by atoms with van der Waals surface area (Å²) >= 11 is 0. The van der Waals surface area contributed by atoms with E-state index in [1.54, 1.807) is 0 Å². The van der Waals surface area contributed by atoms with Gasteiger partial charge in [-0.1, -0.05) is 26.0 Å². The van der Waals surface area contributed by atoms with Gasteiger partial charge in [0.1, 0.15) is 0 Å². The number of carbonyl (C=O) groups excluding carboxylic acids is 1. The summed E-state index contributed by atoms with van der Waals surface area (Å²) in [5.74, 6) is 0. The van der Waals surface area contributed by atoms with E-state index >= 15 is 0 Å². The molecule has 1 fully saturated rings. The average Bonchev–Trinajstić information content (AvgIpc) is 2.46. The third kappa shape index (κ3) is 4.21. The predicted molar refractivity (Wildman–Crippen MR) is 87.5 cm³/mol. The van der Waals surface area contributed by atoms with Crippen LogP contribution in [-0.4, -0.2) is 31.1 Å². The number of carbonyl (C=O) groups is 1. The molecule has 0 spiro atoms. The van der Waals surface area contributed by atoms with E-state index in [4.69, 9.17) is 0 Å². The van der Waals surface area contributed by atoms with Crippen molar-refractivity contribution in [3.8, 4) is 0 Å². The fraction of sp³-hybridized carbons (Fsp3) is 0.588. The molecule has 2 N–H and O–H groups in total. The highest BCUT2D eigenvalue weighted by atomic mass is 16.2. The highest BCUT2D eigenvalue weighted by Crippen LogP contribution is 2.30. The van der Waals surface area contributed by atoms with Crippen LogP contribution in [0.25, 0.3) is 0 Å². The Bertz CT molecular complexity index is 489. The second-order valence-corrected chi connectivity index (χ2v) is 6.72. The maximum atomic E-state index is 12.3. The smallest absolute Gasteiger partial charge is 0.321 e. The summed E-state index contributed by atoms with van der Waals surface area (Å²) in [6.07, 6.45) is 2.13. The van der Waals surface area contributed by atoms with E-state index < -0.39 is 0 Å². The van der Waals surface area contributed by atoms with Gasteiger partial charge in [-0.3, -0.25) is 0 Å². The molecule has 1 heterocycles. The van der Waals surface area contributed by atoms with Crippen molar-refractivity contribution in [1.29, 1.82) is 0 Å². The molecule has 4 nitrogen and oxygen atoms in total. The number of anilines is 1. The molecule has 2 rings (SSSR count). The Labute approximate surface area is 127 Å². The Morgan fingerprint density at radius 1 is 1.29 bits per heavy atom. The van der Waals surface area contributed by atoms with Crippen molar-refractivity contribution in [3.05, 3.63) is 29.8 Å². The molecule has 1 aromatic carbocycles. The number of hydrogen-bond acceptors (Lipinski definition) is 2. The number of rotatable bonds is 3. The highest BCUT2D eigenvalue weighted by Gasteiger charge is 2.27. The van der Waals surface area contributed by atoms with Gasteiger partial charge >= 0.3 is 6.03 Å². The molecule has 0 aromatic heterocycles. The van der Waals surface area contributed by atoms with Gasteiger partial charge in [-0.15, -0.1) is 0 Å². The van der Waals surface area contributed by atoms with Crippen molar-refractivity contribution in [1.82, 2.24) is 10.2 Å². The summed E-state index contributed by atoms with van der Waals surface area (Å²) in [7, 11) is 1.94. The van der Waals surface area contributed by atoms with Gasteiger partial charge in [0.15, 0.2) is 0 Å². The molecule has 1 aliphatic rings. The van der Waals surface area contributed by atoms with Crippen LogP contribution in [0.3, 0.4) is 0 Å². The lowest BCUT2D eigenvalue weighted by Crippen LogP contribution is -2.43. The van der Waals surface area contributed by atoms with Crippen LogP contribution in [0, 0.1) is 5.41 Å². The van der Waals surface area contributed by atoms with Gasteiger partial charge in [-0.2, -0.15) is 0 Å². The minimum absolute atomic E-state index is 0.0137. The van der Waals surface area contributed by atoms with Gasteiger partial charge in [-0.05, 0) is 49.9 Å². The third-order valence-corrected chi connectivity index (χ3v) is 4.48. The van der Waals surface area contributed by atoms with E-state index in [2.05, 4.69) is 37.5 Å². The highest BCUT2D eigenvalue weighted by molar-refractivity contribution is 5.89. The Morgan fingerprint density at radius 2 is 1.95 bits per heavy atom. The molecule has 1 aromatic rings. The van der Waals surface area contributed by atoms with E-state index in [9.17, 15) is 4.79 Å². The molecule has 0 bridgehead atoms. The van der Waals surface area contributed by atoms with Crippen LogP contribution in [0.15, 0.2) is 24.3 Å². The maximum absolute atomic E-state index is 12.3. The first-order valence-corrected chi connectivity index (χ1v) is 7.74. The largest absolute Gasteiger partial charge is 0.324 e. The second-order valence-electron chi connectivity index (χ2n) is 6.72. The topological polar surface area (TPSA) is 44.4 Å². The molecule has 1 unspecified atom stereocenters. The molecule has 0 saturated carbocycles. The van der Waals surface area contributed by atoms with Crippen LogP contribution in [0.1, 0.15) is 45.2 Å². The summed E-state index contributed by atoms with van der Waals surface area (Å²) in [6, 6.07) is 8.32. The maximum Gasteiger partial charge on any atom is 0.321 e. The summed E-state index contributed by atoms with van der Waals surface area (Å²) in [5.41, 5.74) is 2.40. The normalized spacial score (nSPS) is 19.1. The first kappa shape index (κ1) is 15.8. The van der Waals surface area contributed by atoms with Crippen LogP contribution in [0.5, 0.6) is 0 Å². The summed E-state index contributed by atoms with van der Waals surface area (Å²) in [6.45, 7) is 8.32. The number of benzene rings is 1. The second kappa shape index (κ2) is 6.48. The van der Waals surface area contributed by atoms with Gasteiger partial charge in [0.25, 0.3) is 0 Å². The number of urea groups is 1. The number of piperidine rings is 1. The van der Waals surface area contributed by atoms with E-state index in [0.717, 1.165) is 31.6 Å². The van der Waals surface area contributed by atoms with Crippen molar-refractivity contribution in [3.63, 3.8) is 0 Å². The fourth-order valence-electron chi connectivity index (χ4n) is 2.57. The van der Waals surface area contributed by atoms with Gasteiger partial charge < -0.3 is 15.5 Å². The van der Waals surface area contributed by atoms with Crippen molar-refractivity contribution in [2.24, 2.45) is 5.41 Å². The van der Waals surface area contributed by atoms with E-state index in [1.807, 2.05) is 30.1 Å². The van der Waals surface area contributed by atoms with E-state index in [0.29, 0.717) is 5.41 Å². The zero-order valence-corrected chi connectivity index (χ0v) is 13.6. The molecule has 1 saturated heterocycles. The lowest BCUT2D eigenvalue weighted by atomic mass is 9.83. The lowest BCUT2D eigenvalue weighted by Gasteiger charge is -2.36. The molecule has 0 aliphatic carbocycles. The van der Waals surface area contributed by atoms with Gasteiger partial charge in [-0.25, -0.2) is 4.79 Å². The first-order valence-electron chi connectivity index (χ1n) is 7.74. The van der Waals surface area contributed by atoms with Crippen molar-refractivity contribution in [2.45, 2.75) is 39.7 Å². The van der Waals surface area contributed by atoms with Gasteiger partial charge in [0.2, 0.25) is 0 Å². The molecule has 4 heteroatoms. The number of hydrogen-bond donors (Lipinski definition) is 2. The molecular formula is C17H27N3O. The van der Waals surface area contributed by atoms with Crippen LogP contribution in [0.4, 0.5) is 10.5 Å². The fourth-order valence-corrected chi connectivity index (χ4v) is 2.57. The number of amides is 2. The lowest BCUT2D eigenvalue weighted by molar-refractivity contribution is 0.149. The van der Waals surface area contributed by atoms with E-state index in [-0.39, 0.29) is 12.1 Å². The number of nitrogens with zero attached hydrogens (tertiary/aromatic N) is 1.